The van der Waals surface area contributed by atoms with E-state index in [0.29, 0.717) is 22.3 Å². The zero-order valence-corrected chi connectivity index (χ0v) is 19.2. The summed E-state index contributed by atoms with van der Waals surface area (Å²) in [5.74, 6) is 0.644. The van der Waals surface area contributed by atoms with Crippen molar-refractivity contribution in [3.05, 3.63) is 142 Å². The van der Waals surface area contributed by atoms with E-state index in [4.69, 9.17) is 10.2 Å². The molecule has 8 heteroatoms. The van der Waals surface area contributed by atoms with E-state index in [1.807, 2.05) is 48.5 Å². The fourth-order valence-electron chi connectivity index (χ4n) is 2.93. The molecule has 2 aromatic heterocycles. The average molecular weight is 481 g/mol. The van der Waals surface area contributed by atoms with Gasteiger partial charge in [0.15, 0.2) is 0 Å². The summed E-state index contributed by atoms with van der Waals surface area (Å²) in [4.78, 5) is 22.1. The monoisotopic (exact) mass is 480 g/mol. The Morgan fingerprint density at radius 3 is 1.11 bits per heavy atom. The highest BCUT2D eigenvalue weighted by Crippen LogP contribution is 2.06. The minimum atomic E-state index is -0.136. The lowest BCUT2D eigenvalue weighted by atomic mass is 10.2. The van der Waals surface area contributed by atoms with Crippen molar-refractivity contribution in [3.8, 4) is 11.5 Å². The largest absolute Gasteiger partial charge is 0.508 e. The second kappa shape index (κ2) is 13.5. The molecule has 0 fully saturated rings. The molecule has 0 radical (unpaired) electrons. The molecule has 6 rings (SSSR count). The summed E-state index contributed by atoms with van der Waals surface area (Å²) in [6.07, 6.45) is 3.27. The molecule has 4 N–H and O–H groups in total. The van der Waals surface area contributed by atoms with E-state index in [2.05, 4.69) is 20.4 Å². The molecule has 4 aromatic carbocycles. The first-order valence-corrected chi connectivity index (χ1v) is 10.9. The number of benzene rings is 4. The maximum absolute atomic E-state index is 11.1. The van der Waals surface area contributed by atoms with E-state index in [0.717, 1.165) is 10.8 Å². The van der Waals surface area contributed by atoms with Crippen LogP contribution in [0.4, 0.5) is 0 Å². The van der Waals surface area contributed by atoms with Gasteiger partial charge in [-0.15, -0.1) is 0 Å². The Bertz CT molecular complexity index is 1470. The fourth-order valence-corrected chi connectivity index (χ4v) is 2.93. The molecule has 0 spiro atoms. The third kappa shape index (κ3) is 7.96. The number of H-pyrrole nitrogens is 2. The molecular weight excluding hydrogens is 456 g/mol. The maximum Gasteiger partial charge on any atom is 0.272 e. The van der Waals surface area contributed by atoms with Crippen molar-refractivity contribution in [2.24, 2.45) is 0 Å². The molecule has 0 aliphatic rings. The Morgan fingerprint density at radius 1 is 0.472 bits per heavy atom. The highest BCUT2D eigenvalue weighted by atomic mass is 16.3. The number of aromatic hydroxyl groups is 2. The number of phenolic OH excluding ortho intramolecular Hbond substituents is 2. The van der Waals surface area contributed by atoms with Crippen LogP contribution in [0.25, 0.3) is 21.5 Å². The lowest BCUT2D eigenvalue weighted by molar-refractivity contribution is 0.475. The molecule has 2 heterocycles. The first-order chi connectivity index (χ1) is 17.5. The number of phenols is 2. The van der Waals surface area contributed by atoms with Crippen molar-refractivity contribution in [2.45, 2.75) is 0 Å². The van der Waals surface area contributed by atoms with Crippen molar-refractivity contribution in [3.63, 3.8) is 0 Å². The van der Waals surface area contributed by atoms with E-state index in [-0.39, 0.29) is 11.1 Å². The molecule has 180 valence electrons. The minimum Gasteiger partial charge on any atom is -0.508 e. The molecule has 0 amide bonds. The van der Waals surface area contributed by atoms with Crippen LogP contribution in [0.1, 0.15) is 0 Å². The number of rotatable bonds is 0. The second-order valence-corrected chi connectivity index (χ2v) is 7.24. The number of hydrogen-bond acceptors (Lipinski definition) is 6. The highest BCUT2D eigenvalue weighted by Gasteiger charge is 1.94. The van der Waals surface area contributed by atoms with Crippen LogP contribution >= 0.6 is 0 Å². The van der Waals surface area contributed by atoms with E-state index in [1.165, 1.54) is 0 Å². The van der Waals surface area contributed by atoms with Crippen molar-refractivity contribution in [1.29, 1.82) is 0 Å². The predicted octanol–water partition coefficient (Wildman–Crippen LogP) is 4.63. The summed E-state index contributed by atoms with van der Waals surface area (Å²) in [7, 11) is 0. The van der Waals surface area contributed by atoms with Crippen LogP contribution in [0, 0.1) is 0 Å². The van der Waals surface area contributed by atoms with Crippen LogP contribution in [0.15, 0.2) is 131 Å². The molecule has 0 aliphatic carbocycles. The second-order valence-electron chi connectivity index (χ2n) is 7.24. The predicted molar refractivity (Wildman–Crippen MR) is 141 cm³/mol. The molecule has 0 atom stereocenters. The van der Waals surface area contributed by atoms with Gasteiger partial charge in [-0.3, -0.25) is 9.59 Å². The quantitative estimate of drug-likeness (QED) is 0.251. The highest BCUT2D eigenvalue weighted by molar-refractivity contribution is 5.80. The van der Waals surface area contributed by atoms with E-state index in [9.17, 15) is 9.59 Å². The lowest BCUT2D eigenvalue weighted by Crippen LogP contribution is -2.06. The molecule has 0 bridgehead atoms. The lowest BCUT2D eigenvalue weighted by Gasteiger charge is -1.91. The standard InChI is InChI=1S/2C8H6N2O.2C6H6O/c2*11-8-7-4-2-1-3-6(7)5-9-10-8;2*7-6-4-2-1-3-5-6/h2*1-5H,(H,10,11);2*1-5,7H. The fraction of sp³-hybridized carbons (Fsp3) is 0. The van der Waals surface area contributed by atoms with Crippen LogP contribution in [0.3, 0.4) is 0 Å². The molecule has 36 heavy (non-hydrogen) atoms. The van der Waals surface area contributed by atoms with Crippen LogP contribution < -0.4 is 11.1 Å². The normalized spacial score (nSPS) is 9.56. The number of nitrogens with one attached hydrogen (secondary N) is 2. The van der Waals surface area contributed by atoms with Gasteiger partial charge in [0, 0.05) is 21.5 Å². The van der Waals surface area contributed by atoms with Gasteiger partial charge in [-0.25, -0.2) is 10.2 Å². The van der Waals surface area contributed by atoms with Gasteiger partial charge in [0.25, 0.3) is 11.1 Å². The number of nitrogens with zero attached hydrogens (tertiary/aromatic N) is 2. The van der Waals surface area contributed by atoms with Crippen LogP contribution in [-0.4, -0.2) is 30.6 Å². The van der Waals surface area contributed by atoms with Gasteiger partial charge >= 0.3 is 0 Å². The Kier molecular flexibility index (Phi) is 9.49. The topological polar surface area (TPSA) is 132 Å². The molecular formula is C28H24N4O4. The van der Waals surface area contributed by atoms with Crippen LogP contribution in [0.5, 0.6) is 11.5 Å². The van der Waals surface area contributed by atoms with Gasteiger partial charge in [0.2, 0.25) is 0 Å². The zero-order valence-electron chi connectivity index (χ0n) is 19.2. The van der Waals surface area contributed by atoms with Gasteiger partial charge in [0.05, 0.1) is 12.4 Å². The molecule has 0 unspecified atom stereocenters. The van der Waals surface area contributed by atoms with Crippen LogP contribution in [-0.2, 0) is 0 Å². The Morgan fingerprint density at radius 2 is 0.806 bits per heavy atom. The first kappa shape index (κ1) is 25.4. The summed E-state index contributed by atoms with van der Waals surface area (Å²) in [5, 5.41) is 32.5. The van der Waals surface area contributed by atoms with E-state index < -0.39 is 0 Å². The van der Waals surface area contributed by atoms with Gasteiger partial charge in [-0.1, -0.05) is 72.8 Å². The number of aromatic nitrogens is 4. The van der Waals surface area contributed by atoms with Crippen LogP contribution in [0.2, 0.25) is 0 Å². The molecule has 6 aromatic rings. The number of hydrogen-bond donors (Lipinski definition) is 4. The van der Waals surface area contributed by atoms with Gasteiger partial charge < -0.3 is 10.2 Å². The van der Waals surface area contributed by atoms with E-state index in [1.54, 1.807) is 73.1 Å². The first-order valence-electron chi connectivity index (χ1n) is 10.9. The number of aromatic amines is 2. The van der Waals surface area contributed by atoms with Crippen molar-refractivity contribution >= 4 is 21.5 Å². The zero-order chi connectivity index (χ0) is 25.6. The van der Waals surface area contributed by atoms with Gasteiger partial charge in [0.1, 0.15) is 11.5 Å². The smallest absolute Gasteiger partial charge is 0.272 e. The summed E-state index contributed by atoms with van der Waals surface area (Å²) < 4.78 is 0. The number of fused-ring (bicyclic) bond motifs is 2. The molecule has 0 saturated heterocycles. The van der Waals surface area contributed by atoms with Crippen molar-refractivity contribution in [2.75, 3.05) is 0 Å². The summed E-state index contributed by atoms with van der Waals surface area (Å²) in [6.45, 7) is 0. The summed E-state index contributed by atoms with van der Waals surface area (Å²) >= 11 is 0. The van der Waals surface area contributed by atoms with Crippen molar-refractivity contribution in [1.82, 2.24) is 20.4 Å². The Balaban J connectivity index is 0.000000137. The SMILES string of the molecule is O=c1[nH]ncc2ccccc12.O=c1[nH]ncc2ccccc12.Oc1ccccc1.Oc1ccccc1. The Labute approximate surface area is 206 Å². The van der Waals surface area contributed by atoms with Gasteiger partial charge in [-0.05, 0) is 36.4 Å². The Hall–Kier alpha value is -5.24. The number of para-hydroxylation sites is 2. The summed E-state index contributed by atoms with van der Waals surface area (Å²) in [6, 6.07) is 32.1. The molecule has 0 saturated carbocycles. The van der Waals surface area contributed by atoms with Crippen molar-refractivity contribution < 1.29 is 10.2 Å². The maximum atomic E-state index is 11.1. The third-order valence-electron chi connectivity index (χ3n) is 4.66. The van der Waals surface area contributed by atoms with E-state index >= 15 is 0 Å². The average Bonchev–Trinajstić information content (AvgIpc) is 2.91. The summed E-state index contributed by atoms with van der Waals surface area (Å²) in [5.41, 5.74) is -0.272. The minimum absolute atomic E-state index is 0.136. The molecule has 0 aliphatic heterocycles. The van der Waals surface area contributed by atoms with Gasteiger partial charge in [-0.2, -0.15) is 10.2 Å². The molecule has 8 nitrogen and oxygen atoms in total. The third-order valence-corrected chi connectivity index (χ3v) is 4.66.